The van der Waals surface area contributed by atoms with Crippen molar-refractivity contribution in [2.24, 2.45) is 5.92 Å². The van der Waals surface area contributed by atoms with Crippen LogP contribution < -0.4 is 0 Å². The minimum atomic E-state index is 0.181. The van der Waals surface area contributed by atoms with E-state index < -0.39 is 0 Å². The maximum absolute atomic E-state index is 10.3. The molecule has 0 N–H and O–H groups in total. The fourth-order valence-electron chi connectivity index (χ4n) is 0.109. The monoisotopic (exact) mass is 164 g/mol. The summed E-state index contributed by atoms with van der Waals surface area (Å²) in [6.45, 7) is 3.50. The van der Waals surface area contributed by atoms with E-state index in [0.717, 1.165) is 5.33 Å². The van der Waals surface area contributed by atoms with E-state index in [1.54, 1.807) is 6.92 Å². The van der Waals surface area contributed by atoms with Gasteiger partial charge in [0.05, 0.1) is 0 Å². The molecule has 0 aliphatic rings. The number of Topliss-reactive ketones (excluding diaryl/α,β-unsaturated/α-hetero) is 1. The lowest BCUT2D eigenvalue weighted by Gasteiger charge is -1.97. The molecule has 0 fully saturated rings. The number of carbonyl (C=O) groups is 1. The lowest BCUT2D eigenvalue weighted by atomic mass is 10.1. The van der Waals surface area contributed by atoms with Crippen LogP contribution in [0.15, 0.2) is 0 Å². The molecule has 0 aliphatic heterocycles. The van der Waals surface area contributed by atoms with Gasteiger partial charge in [-0.25, -0.2) is 0 Å². The van der Waals surface area contributed by atoms with Gasteiger partial charge in [-0.05, 0) is 6.92 Å². The second-order valence-electron chi connectivity index (χ2n) is 1.67. The van der Waals surface area contributed by atoms with Gasteiger partial charge in [0.25, 0.3) is 0 Å². The van der Waals surface area contributed by atoms with E-state index in [4.69, 9.17) is 0 Å². The summed E-state index contributed by atoms with van der Waals surface area (Å²) in [7, 11) is 0. The Bertz CT molecular complexity index is 70.5. The average molecular weight is 165 g/mol. The Balaban J connectivity index is 3.34. The summed E-state index contributed by atoms with van der Waals surface area (Å²) in [5.41, 5.74) is 0. The number of rotatable bonds is 2. The van der Waals surface area contributed by atoms with Gasteiger partial charge in [-0.3, -0.25) is 4.79 Å². The first-order valence-corrected chi connectivity index (χ1v) is 3.37. The van der Waals surface area contributed by atoms with Crippen molar-refractivity contribution in [3.63, 3.8) is 0 Å². The fourth-order valence-corrected chi connectivity index (χ4v) is 0.565. The Morgan fingerprint density at radius 2 is 2.29 bits per heavy atom. The predicted molar refractivity (Wildman–Crippen MR) is 33.6 cm³/mol. The van der Waals surface area contributed by atoms with Crippen LogP contribution in [0.1, 0.15) is 13.8 Å². The van der Waals surface area contributed by atoms with Gasteiger partial charge in [-0.1, -0.05) is 22.9 Å². The maximum atomic E-state index is 10.3. The summed E-state index contributed by atoms with van der Waals surface area (Å²) in [4.78, 5) is 10.3. The zero-order chi connectivity index (χ0) is 5.86. The summed E-state index contributed by atoms with van der Waals surface area (Å²) in [6, 6.07) is 0. The molecular weight excluding hydrogens is 156 g/mol. The van der Waals surface area contributed by atoms with E-state index in [0.29, 0.717) is 0 Å². The number of hydrogen-bond donors (Lipinski definition) is 0. The molecule has 0 aromatic carbocycles. The number of ketones is 1. The molecule has 0 spiro atoms. The molecule has 0 unspecified atom stereocenters. The molecule has 0 heterocycles. The normalized spacial score (nSPS) is 13.6. The molecule has 0 aliphatic carbocycles. The van der Waals surface area contributed by atoms with Crippen LogP contribution in [-0.2, 0) is 4.79 Å². The van der Waals surface area contributed by atoms with Crippen LogP contribution in [0.3, 0.4) is 0 Å². The minimum Gasteiger partial charge on any atom is -0.300 e. The first-order valence-electron chi connectivity index (χ1n) is 2.25. The summed E-state index contributed by atoms with van der Waals surface area (Å²) in [6.07, 6.45) is 0. The Labute approximate surface area is 52.2 Å². The molecule has 0 rings (SSSR count). The smallest absolute Gasteiger partial charge is 0.133 e. The quantitative estimate of drug-likeness (QED) is 0.568. The molecule has 0 radical (unpaired) electrons. The number of hydrogen-bond acceptors (Lipinski definition) is 1. The van der Waals surface area contributed by atoms with Crippen LogP contribution >= 0.6 is 15.9 Å². The van der Waals surface area contributed by atoms with Gasteiger partial charge < -0.3 is 0 Å². The topological polar surface area (TPSA) is 17.1 Å². The van der Waals surface area contributed by atoms with E-state index in [1.165, 1.54) is 0 Å². The van der Waals surface area contributed by atoms with Gasteiger partial charge in [-0.2, -0.15) is 0 Å². The standard InChI is InChI=1S/C5H9BrO/c1-4(3-6)5(2)7/h4H,3H2,1-2H3/t4-/m0/s1. The second kappa shape index (κ2) is 3.19. The van der Waals surface area contributed by atoms with Crippen molar-refractivity contribution in [1.29, 1.82) is 0 Å². The lowest BCUT2D eigenvalue weighted by molar-refractivity contribution is -0.119. The van der Waals surface area contributed by atoms with Crippen LogP contribution in [0, 0.1) is 5.92 Å². The maximum Gasteiger partial charge on any atom is 0.133 e. The number of alkyl halides is 1. The van der Waals surface area contributed by atoms with Gasteiger partial charge in [-0.15, -0.1) is 0 Å². The summed E-state index contributed by atoms with van der Waals surface area (Å²) in [5, 5.41) is 0.780. The summed E-state index contributed by atoms with van der Waals surface area (Å²) < 4.78 is 0. The molecule has 1 atom stereocenters. The first kappa shape index (κ1) is 7.15. The number of carbonyl (C=O) groups excluding carboxylic acids is 1. The Morgan fingerprint density at radius 3 is 2.29 bits per heavy atom. The van der Waals surface area contributed by atoms with Gasteiger partial charge >= 0.3 is 0 Å². The van der Waals surface area contributed by atoms with Crippen molar-refractivity contribution in [3.8, 4) is 0 Å². The van der Waals surface area contributed by atoms with Crippen LogP contribution in [0.25, 0.3) is 0 Å². The third-order valence-electron chi connectivity index (χ3n) is 0.925. The van der Waals surface area contributed by atoms with Gasteiger partial charge in [0.15, 0.2) is 0 Å². The van der Waals surface area contributed by atoms with E-state index >= 15 is 0 Å². The number of halogens is 1. The van der Waals surface area contributed by atoms with Crippen molar-refractivity contribution in [2.75, 3.05) is 5.33 Å². The van der Waals surface area contributed by atoms with Crippen LogP contribution in [0.2, 0.25) is 0 Å². The molecule has 7 heavy (non-hydrogen) atoms. The van der Waals surface area contributed by atoms with Crippen molar-refractivity contribution < 1.29 is 4.79 Å². The van der Waals surface area contributed by atoms with Crippen LogP contribution in [-0.4, -0.2) is 11.1 Å². The van der Waals surface area contributed by atoms with Crippen LogP contribution in [0.4, 0.5) is 0 Å². The molecule has 0 aromatic heterocycles. The van der Waals surface area contributed by atoms with Crippen molar-refractivity contribution in [1.82, 2.24) is 0 Å². The highest BCUT2D eigenvalue weighted by atomic mass is 79.9. The van der Waals surface area contributed by atoms with Crippen molar-refractivity contribution in [3.05, 3.63) is 0 Å². The Kier molecular flexibility index (Phi) is 3.26. The van der Waals surface area contributed by atoms with Gasteiger partial charge in [0.2, 0.25) is 0 Å². The largest absolute Gasteiger partial charge is 0.300 e. The Hall–Kier alpha value is 0.150. The van der Waals surface area contributed by atoms with E-state index in [2.05, 4.69) is 15.9 Å². The molecule has 2 heteroatoms. The third kappa shape index (κ3) is 2.80. The van der Waals surface area contributed by atoms with Gasteiger partial charge in [0, 0.05) is 11.2 Å². The summed E-state index contributed by atoms with van der Waals surface area (Å²) >= 11 is 3.19. The lowest BCUT2D eigenvalue weighted by Crippen LogP contribution is -2.06. The SMILES string of the molecule is CC(=O)[C@@H](C)CBr. The molecular formula is C5H9BrO. The zero-order valence-corrected chi connectivity index (χ0v) is 6.16. The molecule has 0 bridgehead atoms. The second-order valence-corrected chi connectivity index (χ2v) is 2.31. The molecule has 1 nitrogen and oxygen atoms in total. The van der Waals surface area contributed by atoms with E-state index in [1.807, 2.05) is 6.92 Å². The van der Waals surface area contributed by atoms with Crippen LogP contribution in [0.5, 0.6) is 0 Å². The summed E-state index contributed by atoms with van der Waals surface area (Å²) in [5.74, 6) is 0.428. The average Bonchev–Trinajstić information content (AvgIpc) is 1.65. The van der Waals surface area contributed by atoms with Gasteiger partial charge in [0.1, 0.15) is 5.78 Å². The minimum absolute atomic E-state index is 0.181. The fraction of sp³-hybridized carbons (Fsp3) is 0.800. The molecule has 0 saturated carbocycles. The molecule has 42 valence electrons. The molecule has 0 amide bonds. The van der Waals surface area contributed by atoms with Crippen molar-refractivity contribution in [2.45, 2.75) is 13.8 Å². The van der Waals surface area contributed by atoms with E-state index in [9.17, 15) is 4.79 Å². The highest BCUT2D eigenvalue weighted by molar-refractivity contribution is 9.09. The molecule has 0 aromatic rings. The zero-order valence-electron chi connectivity index (χ0n) is 4.57. The third-order valence-corrected chi connectivity index (χ3v) is 1.90. The van der Waals surface area contributed by atoms with Crippen molar-refractivity contribution >= 4 is 21.7 Å². The molecule has 0 saturated heterocycles. The highest BCUT2D eigenvalue weighted by Crippen LogP contribution is 1.99. The highest BCUT2D eigenvalue weighted by Gasteiger charge is 2.02. The predicted octanol–water partition coefficient (Wildman–Crippen LogP) is 1.61. The Morgan fingerprint density at radius 1 is 1.86 bits per heavy atom. The first-order chi connectivity index (χ1) is 3.18. The van der Waals surface area contributed by atoms with E-state index in [-0.39, 0.29) is 11.7 Å².